The summed E-state index contributed by atoms with van der Waals surface area (Å²) in [6.45, 7) is 2.64. The maximum absolute atomic E-state index is 8.68. The number of nitrogens with zero attached hydrogens (tertiary/aromatic N) is 1. The van der Waals surface area contributed by atoms with Crippen LogP contribution in [-0.2, 0) is 4.74 Å². The third-order valence-corrected chi connectivity index (χ3v) is 2.65. The Kier molecular flexibility index (Phi) is 6.18. The molecule has 0 amide bonds. The van der Waals surface area contributed by atoms with Gasteiger partial charge in [-0.25, -0.2) is 0 Å². The Morgan fingerprint density at radius 2 is 2.11 bits per heavy atom. The fraction of sp³-hybridized carbons (Fsp3) is 0.462. The molecule has 4 N–H and O–H groups in total. The lowest BCUT2D eigenvalue weighted by molar-refractivity contribution is 0.167. The Labute approximate surface area is 108 Å². The summed E-state index contributed by atoms with van der Waals surface area (Å²) in [7, 11) is 1.67. The van der Waals surface area contributed by atoms with Gasteiger partial charge in [-0.05, 0) is 12.5 Å². The molecule has 0 saturated heterocycles. The van der Waals surface area contributed by atoms with Gasteiger partial charge in [-0.15, -0.1) is 0 Å². The molecule has 1 aromatic carbocycles. The van der Waals surface area contributed by atoms with Crippen LogP contribution in [0.1, 0.15) is 24.9 Å². The minimum absolute atomic E-state index is 0.00671. The van der Waals surface area contributed by atoms with Crippen LogP contribution in [0.15, 0.2) is 35.5 Å². The fourth-order valence-electron chi connectivity index (χ4n) is 1.85. The van der Waals surface area contributed by atoms with Crippen LogP contribution in [0.3, 0.4) is 0 Å². The highest BCUT2D eigenvalue weighted by Crippen LogP contribution is 2.17. The molecule has 5 nitrogen and oxygen atoms in total. The molecule has 0 fully saturated rings. The van der Waals surface area contributed by atoms with Crippen molar-refractivity contribution in [1.82, 2.24) is 5.32 Å². The van der Waals surface area contributed by atoms with E-state index in [1.54, 1.807) is 7.11 Å². The lowest BCUT2D eigenvalue weighted by Gasteiger charge is -2.23. The van der Waals surface area contributed by atoms with Crippen LogP contribution in [0.2, 0.25) is 0 Å². The molecule has 100 valence electrons. The van der Waals surface area contributed by atoms with Crippen LogP contribution in [0.4, 0.5) is 0 Å². The number of amidine groups is 1. The van der Waals surface area contributed by atoms with Crippen molar-refractivity contribution < 1.29 is 9.94 Å². The fourth-order valence-corrected chi connectivity index (χ4v) is 1.85. The molecule has 0 aliphatic rings. The molecule has 5 heteroatoms. The Balaban J connectivity index is 2.75. The number of ether oxygens (including phenoxy) is 1. The molecule has 0 saturated carbocycles. The SMILES string of the molecule is COCC(C)NC(CC(N)=NO)c1ccccc1. The summed E-state index contributed by atoms with van der Waals surface area (Å²) in [5.41, 5.74) is 6.69. The van der Waals surface area contributed by atoms with Crippen LogP contribution in [-0.4, -0.2) is 30.8 Å². The third kappa shape index (κ3) is 4.73. The van der Waals surface area contributed by atoms with E-state index < -0.39 is 0 Å². The average Bonchev–Trinajstić information content (AvgIpc) is 2.39. The van der Waals surface area contributed by atoms with E-state index in [9.17, 15) is 0 Å². The van der Waals surface area contributed by atoms with Crippen molar-refractivity contribution in [3.05, 3.63) is 35.9 Å². The molecule has 1 rings (SSSR count). The molecular weight excluding hydrogens is 230 g/mol. The molecule has 0 aromatic heterocycles. The first-order chi connectivity index (χ1) is 8.67. The maximum Gasteiger partial charge on any atom is 0.141 e. The van der Waals surface area contributed by atoms with Gasteiger partial charge in [0.1, 0.15) is 5.84 Å². The molecular formula is C13H21N3O2. The predicted molar refractivity (Wildman–Crippen MR) is 71.7 cm³/mol. The number of rotatable bonds is 7. The smallest absolute Gasteiger partial charge is 0.141 e. The highest BCUT2D eigenvalue weighted by atomic mass is 16.5. The summed E-state index contributed by atoms with van der Waals surface area (Å²) in [6, 6.07) is 10.1. The monoisotopic (exact) mass is 251 g/mol. The first kappa shape index (κ1) is 14.5. The van der Waals surface area contributed by atoms with E-state index >= 15 is 0 Å². The number of oxime groups is 1. The zero-order valence-corrected chi connectivity index (χ0v) is 10.8. The van der Waals surface area contributed by atoms with Crippen molar-refractivity contribution >= 4 is 5.84 Å². The lowest BCUT2D eigenvalue weighted by atomic mass is 10.0. The van der Waals surface area contributed by atoms with Crippen molar-refractivity contribution in [3.63, 3.8) is 0 Å². The second-order valence-corrected chi connectivity index (χ2v) is 4.28. The van der Waals surface area contributed by atoms with Gasteiger partial charge in [0.05, 0.1) is 6.61 Å². The van der Waals surface area contributed by atoms with E-state index in [-0.39, 0.29) is 17.9 Å². The summed E-state index contributed by atoms with van der Waals surface area (Å²) in [4.78, 5) is 0. The molecule has 18 heavy (non-hydrogen) atoms. The van der Waals surface area contributed by atoms with Crippen LogP contribution in [0.25, 0.3) is 0 Å². The quantitative estimate of drug-likeness (QED) is 0.297. The largest absolute Gasteiger partial charge is 0.409 e. The van der Waals surface area contributed by atoms with Gasteiger partial charge in [0.25, 0.3) is 0 Å². The number of methoxy groups -OCH3 is 1. The molecule has 0 radical (unpaired) electrons. The van der Waals surface area contributed by atoms with Crippen molar-refractivity contribution in [2.75, 3.05) is 13.7 Å². The summed E-state index contributed by atoms with van der Waals surface area (Å²) in [6.07, 6.45) is 0.453. The first-order valence-electron chi connectivity index (χ1n) is 5.93. The van der Waals surface area contributed by atoms with Gasteiger partial charge < -0.3 is 21.0 Å². The maximum atomic E-state index is 8.68. The summed E-state index contributed by atoms with van der Waals surface area (Å²) in [5.74, 6) is 0.209. The minimum atomic E-state index is 0.00671. The molecule has 2 atom stereocenters. The van der Waals surface area contributed by atoms with E-state index in [1.807, 2.05) is 37.3 Å². The summed E-state index contributed by atoms with van der Waals surface area (Å²) in [5, 5.41) is 15.1. The first-order valence-corrected chi connectivity index (χ1v) is 5.93. The van der Waals surface area contributed by atoms with Gasteiger partial charge in [-0.2, -0.15) is 0 Å². The second kappa shape index (κ2) is 7.68. The number of nitrogens with one attached hydrogen (secondary N) is 1. The third-order valence-electron chi connectivity index (χ3n) is 2.65. The molecule has 0 bridgehead atoms. The van der Waals surface area contributed by atoms with E-state index in [1.165, 1.54) is 0 Å². The highest BCUT2D eigenvalue weighted by molar-refractivity contribution is 5.80. The normalized spacial score (nSPS) is 15.3. The molecule has 0 aliphatic heterocycles. The number of hydrogen-bond acceptors (Lipinski definition) is 4. The van der Waals surface area contributed by atoms with Crippen LogP contribution in [0, 0.1) is 0 Å². The Morgan fingerprint density at radius 3 is 2.67 bits per heavy atom. The zero-order chi connectivity index (χ0) is 13.4. The molecule has 2 unspecified atom stereocenters. The van der Waals surface area contributed by atoms with Gasteiger partial charge in [0, 0.05) is 25.6 Å². The molecule has 1 aromatic rings. The Morgan fingerprint density at radius 1 is 1.44 bits per heavy atom. The zero-order valence-electron chi connectivity index (χ0n) is 10.8. The second-order valence-electron chi connectivity index (χ2n) is 4.28. The predicted octanol–water partition coefficient (Wildman–Crippen LogP) is 1.49. The minimum Gasteiger partial charge on any atom is -0.409 e. The van der Waals surface area contributed by atoms with Crippen LogP contribution < -0.4 is 11.1 Å². The van der Waals surface area contributed by atoms with Crippen LogP contribution >= 0.6 is 0 Å². The topological polar surface area (TPSA) is 79.9 Å². The highest BCUT2D eigenvalue weighted by Gasteiger charge is 2.15. The van der Waals surface area contributed by atoms with E-state index in [4.69, 9.17) is 15.7 Å². The van der Waals surface area contributed by atoms with Crippen LogP contribution in [0.5, 0.6) is 0 Å². The van der Waals surface area contributed by atoms with Crippen molar-refractivity contribution in [1.29, 1.82) is 0 Å². The van der Waals surface area contributed by atoms with E-state index in [2.05, 4.69) is 10.5 Å². The van der Waals surface area contributed by atoms with Gasteiger partial charge in [0.2, 0.25) is 0 Å². The number of benzene rings is 1. The number of nitrogens with two attached hydrogens (primary N) is 1. The summed E-state index contributed by atoms with van der Waals surface area (Å²) < 4.78 is 5.10. The van der Waals surface area contributed by atoms with E-state index in [0.717, 1.165) is 5.56 Å². The van der Waals surface area contributed by atoms with Crippen molar-refractivity contribution in [2.45, 2.75) is 25.4 Å². The average molecular weight is 251 g/mol. The van der Waals surface area contributed by atoms with Gasteiger partial charge in [-0.3, -0.25) is 0 Å². The van der Waals surface area contributed by atoms with Gasteiger partial charge >= 0.3 is 0 Å². The molecule has 0 aliphatic carbocycles. The Bertz CT molecular complexity index is 368. The standard InChI is InChI=1S/C13H21N3O2/c1-10(9-18-2)15-12(8-13(14)16-17)11-6-4-3-5-7-11/h3-7,10,12,15,17H,8-9H2,1-2H3,(H2,14,16). The number of hydrogen-bond donors (Lipinski definition) is 3. The molecule has 0 heterocycles. The van der Waals surface area contributed by atoms with Gasteiger partial charge in [-0.1, -0.05) is 35.5 Å². The molecule has 0 spiro atoms. The van der Waals surface area contributed by atoms with Gasteiger partial charge in [0.15, 0.2) is 0 Å². The lowest BCUT2D eigenvalue weighted by Crippen LogP contribution is -2.36. The summed E-state index contributed by atoms with van der Waals surface area (Å²) >= 11 is 0. The van der Waals surface area contributed by atoms with Crippen molar-refractivity contribution in [2.24, 2.45) is 10.9 Å². The van der Waals surface area contributed by atoms with Crippen molar-refractivity contribution in [3.8, 4) is 0 Å². The van der Waals surface area contributed by atoms with E-state index in [0.29, 0.717) is 13.0 Å². The Hall–Kier alpha value is -1.59.